The Labute approximate surface area is 110 Å². The van der Waals surface area contributed by atoms with Crippen LogP contribution in [0.2, 0.25) is 0 Å². The monoisotopic (exact) mass is 270 g/mol. The lowest BCUT2D eigenvalue weighted by molar-refractivity contribution is -0.142. The number of nitrogens with zero attached hydrogens (tertiary/aromatic N) is 1. The lowest BCUT2D eigenvalue weighted by Gasteiger charge is -2.16. The molecule has 0 aliphatic rings. The number of thiazole rings is 1. The summed E-state index contributed by atoms with van der Waals surface area (Å²) in [4.78, 5) is 26.7. The van der Waals surface area contributed by atoms with Crippen LogP contribution in [0.1, 0.15) is 32.4 Å². The zero-order valence-corrected chi connectivity index (χ0v) is 11.4. The average molecular weight is 270 g/mol. The van der Waals surface area contributed by atoms with Crippen LogP contribution in [0.5, 0.6) is 0 Å². The van der Waals surface area contributed by atoms with Gasteiger partial charge in [-0.15, -0.1) is 11.3 Å². The summed E-state index contributed by atoms with van der Waals surface area (Å²) < 4.78 is 0. The first-order valence-electron chi connectivity index (χ1n) is 5.88. The summed E-state index contributed by atoms with van der Waals surface area (Å²) in [6, 6.07) is -0.798. The van der Waals surface area contributed by atoms with Crippen LogP contribution >= 0.6 is 11.3 Å². The summed E-state index contributed by atoms with van der Waals surface area (Å²) in [7, 11) is 0. The van der Waals surface area contributed by atoms with Gasteiger partial charge < -0.3 is 10.4 Å². The van der Waals surface area contributed by atoms with Gasteiger partial charge in [0.25, 0.3) is 0 Å². The van der Waals surface area contributed by atoms with E-state index in [0.717, 1.165) is 5.69 Å². The van der Waals surface area contributed by atoms with Crippen LogP contribution in [-0.2, 0) is 16.0 Å². The first kappa shape index (κ1) is 14.6. The highest BCUT2D eigenvalue weighted by Gasteiger charge is 2.20. The Morgan fingerprint density at radius 1 is 1.50 bits per heavy atom. The maximum absolute atomic E-state index is 11.6. The number of carboxylic acid groups (broad SMARTS) is 1. The van der Waals surface area contributed by atoms with Crippen molar-refractivity contribution in [2.45, 2.75) is 39.2 Å². The van der Waals surface area contributed by atoms with Crippen LogP contribution in [-0.4, -0.2) is 28.0 Å². The molecular weight excluding hydrogens is 252 g/mol. The molecule has 6 heteroatoms. The summed E-state index contributed by atoms with van der Waals surface area (Å²) in [5.74, 6) is -0.994. The summed E-state index contributed by atoms with van der Waals surface area (Å²) in [6.45, 7) is 3.86. The first-order chi connectivity index (χ1) is 8.49. The van der Waals surface area contributed by atoms with E-state index < -0.39 is 12.0 Å². The number of aliphatic carboxylic acids is 1. The molecule has 0 radical (unpaired) electrons. The van der Waals surface area contributed by atoms with E-state index in [0.29, 0.717) is 12.8 Å². The Hall–Kier alpha value is -1.43. The van der Waals surface area contributed by atoms with Gasteiger partial charge in [-0.1, -0.05) is 13.8 Å². The van der Waals surface area contributed by atoms with Gasteiger partial charge in [0.15, 0.2) is 0 Å². The minimum absolute atomic E-state index is 0.227. The topological polar surface area (TPSA) is 79.3 Å². The molecule has 0 saturated carbocycles. The number of aromatic nitrogens is 1. The molecule has 100 valence electrons. The molecular formula is C12H18N2O3S. The summed E-state index contributed by atoms with van der Waals surface area (Å²) in [5, 5.41) is 13.4. The molecule has 0 fully saturated rings. The molecule has 5 nitrogen and oxygen atoms in total. The number of aryl methyl sites for hydroxylation is 1. The number of carbonyl (C=O) groups is 2. The normalized spacial score (nSPS) is 12.4. The predicted octanol–water partition coefficient (Wildman–Crippen LogP) is 1.69. The summed E-state index contributed by atoms with van der Waals surface area (Å²) in [5.41, 5.74) is 2.58. The highest BCUT2D eigenvalue weighted by atomic mass is 32.1. The average Bonchev–Trinajstić information content (AvgIpc) is 2.77. The molecule has 0 aliphatic heterocycles. The third-order valence-corrected chi connectivity index (χ3v) is 3.07. The largest absolute Gasteiger partial charge is 0.480 e. The highest BCUT2D eigenvalue weighted by Crippen LogP contribution is 2.07. The van der Waals surface area contributed by atoms with E-state index >= 15 is 0 Å². The van der Waals surface area contributed by atoms with E-state index in [1.807, 2.05) is 19.2 Å². The van der Waals surface area contributed by atoms with E-state index in [1.165, 1.54) is 11.3 Å². The van der Waals surface area contributed by atoms with Crippen molar-refractivity contribution in [3.05, 3.63) is 16.6 Å². The lowest BCUT2D eigenvalue weighted by Crippen LogP contribution is -2.41. The van der Waals surface area contributed by atoms with Crippen molar-refractivity contribution in [3.8, 4) is 0 Å². The molecule has 0 spiro atoms. The van der Waals surface area contributed by atoms with Crippen molar-refractivity contribution in [2.24, 2.45) is 5.92 Å². The van der Waals surface area contributed by atoms with Crippen molar-refractivity contribution < 1.29 is 14.7 Å². The molecule has 0 aliphatic carbocycles. The molecule has 1 atom stereocenters. The molecule has 18 heavy (non-hydrogen) atoms. The molecule has 0 saturated heterocycles. The molecule has 1 rings (SSSR count). The Balaban J connectivity index is 2.39. The Morgan fingerprint density at radius 2 is 2.22 bits per heavy atom. The predicted molar refractivity (Wildman–Crippen MR) is 69.5 cm³/mol. The maximum atomic E-state index is 11.6. The second-order valence-corrected chi connectivity index (χ2v) is 5.29. The van der Waals surface area contributed by atoms with Crippen molar-refractivity contribution in [2.75, 3.05) is 0 Å². The Bertz CT molecular complexity index is 390. The van der Waals surface area contributed by atoms with E-state index in [9.17, 15) is 9.59 Å². The number of rotatable bonds is 7. The van der Waals surface area contributed by atoms with Gasteiger partial charge >= 0.3 is 5.97 Å². The number of carbonyl (C=O) groups excluding carboxylic acids is 1. The van der Waals surface area contributed by atoms with Crippen LogP contribution in [0.3, 0.4) is 0 Å². The molecule has 0 bridgehead atoms. The summed E-state index contributed by atoms with van der Waals surface area (Å²) in [6.07, 6.45) is 1.26. The third-order valence-electron chi connectivity index (χ3n) is 2.43. The zero-order chi connectivity index (χ0) is 13.5. The molecule has 1 unspecified atom stereocenters. The standard InChI is InChI=1S/C12H18N2O3S/c1-8(2)5-10(12(16)17)14-11(15)4-3-9-6-18-7-13-9/h6-8,10H,3-5H2,1-2H3,(H,14,15)(H,16,17). The first-order valence-corrected chi connectivity index (χ1v) is 6.82. The van der Waals surface area contributed by atoms with Crippen LogP contribution in [0, 0.1) is 5.92 Å². The van der Waals surface area contributed by atoms with Gasteiger partial charge in [-0.05, 0) is 18.8 Å². The zero-order valence-electron chi connectivity index (χ0n) is 10.5. The number of amides is 1. The maximum Gasteiger partial charge on any atom is 0.326 e. The van der Waals surface area contributed by atoms with E-state index in [1.54, 1.807) is 5.51 Å². The fourth-order valence-corrected chi connectivity index (χ4v) is 2.15. The minimum atomic E-state index is -0.981. The van der Waals surface area contributed by atoms with Crippen LogP contribution in [0.15, 0.2) is 10.9 Å². The van der Waals surface area contributed by atoms with Gasteiger partial charge in [-0.25, -0.2) is 9.78 Å². The van der Waals surface area contributed by atoms with E-state index in [2.05, 4.69) is 10.3 Å². The molecule has 1 aromatic heterocycles. The SMILES string of the molecule is CC(C)CC(NC(=O)CCc1cscn1)C(=O)O. The smallest absolute Gasteiger partial charge is 0.326 e. The van der Waals surface area contributed by atoms with Crippen LogP contribution in [0.25, 0.3) is 0 Å². The van der Waals surface area contributed by atoms with Crippen LogP contribution in [0.4, 0.5) is 0 Å². The van der Waals surface area contributed by atoms with Gasteiger partial charge in [0, 0.05) is 11.8 Å². The number of hydrogen-bond acceptors (Lipinski definition) is 4. The third kappa shape index (κ3) is 5.27. The van der Waals surface area contributed by atoms with Crippen molar-refractivity contribution >= 4 is 23.2 Å². The molecule has 1 aromatic rings. The minimum Gasteiger partial charge on any atom is -0.480 e. The molecule has 2 N–H and O–H groups in total. The van der Waals surface area contributed by atoms with Crippen molar-refractivity contribution in [3.63, 3.8) is 0 Å². The fraction of sp³-hybridized carbons (Fsp3) is 0.583. The van der Waals surface area contributed by atoms with Crippen molar-refractivity contribution in [1.82, 2.24) is 10.3 Å². The number of hydrogen-bond donors (Lipinski definition) is 2. The Kier molecular flexibility index (Phi) is 5.77. The molecule has 0 aromatic carbocycles. The number of nitrogens with one attached hydrogen (secondary N) is 1. The summed E-state index contributed by atoms with van der Waals surface area (Å²) >= 11 is 1.48. The van der Waals surface area contributed by atoms with Gasteiger partial charge in [-0.3, -0.25) is 4.79 Å². The Morgan fingerprint density at radius 3 is 2.72 bits per heavy atom. The van der Waals surface area contributed by atoms with Crippen molar-refractivity contribution in [1.29, 1.82) is 0 Å². The van der Waals surface area contributed by atoms with Crippen LogP contribution < -0.4 is 5.32 Å². The number of carboxylic acids is 1. The van der Waals surface area contributed by atoms with E-state index in [-0.39, 0.29) is 18.2 Å². The van der Waals surface area contributed by atoms with Gasteiger partial charge in [0.05, 0.1) is 11.2 Å². The van der Waals surface area contributed by atoms with Gasteiger partial charge in [-0.2, -0.15) is 0 Å². The second-order valence-electron chi connectivity index (χ2n) is 4.57. The quantitative estimate of drug-likeness (QED) is 0.790. The van der Waals surface area contributed by atoms with E-state index in [4.69, 9.17) is 5.11 Å². The lowest BCUT2D eigenvalue weighted by atomic mass is 10.0. The van der Waals surface area contributed by atoms with Gasteiger partial charge in [0.2, 0.25) is 5.91 Å². The molecule has 1 amide bonds. The fourth-order valence-electron chi connectivity index (χ4n) is 1.56. The highest BCUT2D eigenvalue weighted by molar-refractivity contribution is 7.07. The van der Waals surface area contributed by atoms with Gasteiger partial charge in [0.1, 0.15) is 6.04 Å². The second kappa shape index (κ2) is 7.10. The molecule has 1 heterocycles.